The third-order valence-electron chi connectivity index (χ3n) is 3.17. The van der Waals surface area contributed by atoms with Crippen molar-refractivity contribution in [2.24, 2.45) is 0 Å². The van der Waals surface area contributed by atoms with Gasteiger partial charge in [-0.15, -0.1) is 11.3 Å². The number of aliphatic hydroxyl groups excluding tert-OH is 1. The predicted molar refractivity (Wildman–Crippen MR) is 72.1 cm³/mol. The van der Waals surface area contributed by atoms with Crippen LogP contribution in [0.5, 0.6) is 0 Å². The van der Waals surface area contributed by atoms with Crippen LogP contribution < -0.4 is 0 Å². The molecule has 1 rings (SSSR count). The molecule has 92 valence electrons. The third-order valence-corrected chi connectivity index (χ3v) is 4.25. The number of unbranched alkanes of at least 4 members (excludes halogenated alkanes) is 4. The van der Waals surface area contributed by atoms with Crippen LogP contribution >= 0.6 is 11.3 Å². The first-order valence-corrected chi connectivity index (χ1v) is 7.35. The first kappa shape index (κ1) is 13.7. The van der Waals surface area contributed by atoms with Crippen molar-refractivity contribution >= 4 is 11.3 Å². The Morgan fingerprint density at radius 2 is 2.00 bits per heavy atom. The molecule has 2 heteroatoms. The van der Waals surface area contributed by atoms with Crippen LogP contribution in [-0.2, 0) is 0 Å². The SMILES string of the molecule is CCCCCCCC(O)C(C)c1cccs1. The highest BCUT2D eigenvalue weighted by atomic mass is 32.1. The molecule has 0 aliphatic carbocycles. The predicted octanol–water partition coefficient (Wildman–Crippen LogP) is 4.57. The molecule has 1 heterocycles. The molecular formula is C14H24OS. The molecule has 2 unspecified atom stereocenters. The second kappa shape index (κ2) is 7.86. The van der Waals surface area contributed by atoms with Crippen LogP contribution in [0.25, 0.3) is 0 Å². The van der Waals surface area contributed by atoms with Gasteiger partial charge in [0.05, 0.1) is 6.10 Å². The highest BCUT2D eigenvalue weighted by Gasteiger charge is 2.16. The van der Waals surface area contributed by atoms with E-state index in [0.29, 0.717) is 5.92 Å². The Bertz CT molecular complexity index is 256. The van der Waals surface area contributed by atoms with Crippen LogP contribution in [0.15, 0.2) is 17.5 Å². The Labute approximate surface area is 104 Å². The van der Waals surface area contributed by atoms with Crippen LogP contribution in [0.3, 0.4) is 0 Å². The summed E-state index contributed by atoms with van der Waals surface area (Å²) in [7, 11) is 0. The number of rotatable bonds is 8. The van der Waals surface area contributed by atoms with E-state index in [9.17, 15) is 5.11 Å². The van der Waals surface area contributed by atoms with E-state index >= 15 is 0 Å². The van der Waals surface area contributed by atoms with E-state index in [2.05, 4.69) is 31.4 Å². The van der Waals surface area contributed by atoms with Crippen molar-refractivity contribution in [1.29, 1.82) is 0 Å². The van der Waals surface area contributed by atoms with E-state index in [-0.39, 0.29) is 6.10 Å². The van der Waals surface area contributed by atoms with Gasteiger partial charge in [-0.05, 0) is 17.9 Å². The van der Waals surface area contributed by atoms with Gasteiger partial charge in [-0.25, -0.2) is 0 Å². The summed E-state index contributed by atoms with van der Waals surface area (Å²) in [6.45, 7) is 4.36. The minimum absolute atomic E-state index is 0.166. The van der Waals surface area contributed by atoms with E-state index in [0.717, 1.165) is 12.8 Å². The van der Waals surface area contributed by atoms with Gasteiger partial charge in [0, 0.05) is 10.8 Å². The number of thiophene rings is 1. The quantitative estimate of drug-likeness (QED) is 0.660. The molecule has 0 spiro atoms. The Morgan fingerprint density at radius 3 is 2.62 bits per heavy atom. The summed E-state index contributed by atoms with van der Waals surface area (Å²) in [4.78, 5) is 1.31. The Hall–Kier alpha value is -0.340. The van der Waals surface area contributed by atoms with E-state index in [1.54, 1.807) is 11.3 Å². The standard InChI is InChI=1S/C14H24OS/c1-3-4-5-6-7-9-13(15)12(2)14-10-8-11-16-14/h8,10-13,15H,3-7,9H2,1-2H3. The van der Waals surface area contributed by atoms with Gasteiger partial charge in [-0.1, -0.05) is 52.0 Å². The minimum Gasteiger partial charge on any atom is -0.392 e. The molecule has 1 N–H and O–H groups in total. The number of aliphatic hydroxyl groups is 1. The van der Waals surface area contributed by atoms with Crippen molar-refractivity contribution in [3.05, 3.63) is 22.4 Å². The number of hydrogen-bond donors (Lipinski definition) is 1. The van der Waals surface area contributed by atoms with Crippen LogP contribution in [0.1, 0.15) is 63.2 Å². The second-order valence-corrected chi connectivity index (χ2v) is 5.55. The van der Waals surface area contributed by atoms with Crippen LogP contribution in [0.2, 0.25) is 0 Å². The van der Waals surface area contributed by atoms with Gasteiger partial charge in [-0.3, -0.25) is 0 Å². The first-order valence-electron chi connectivity index (χ1n) is 6.47. The fraction of sp³-hybridized carbons (Fsp3) is 0.714. The molecule has 0 saturated carbocycles. The normalized spacial score (nSPS) is 14.9. The average molecular weight is 240 g/mol. The fourth-order valence-electron chi connectivity index (χ4n) is 1.95. The summed E-state index contributed by atoms with van der Waals surface area (Å²) in [6, 6.07) is 4.18. The molecule has 0 aliphatic heterocycles. The third kappa shape index (κ3) is 4.67. The van der Waals surface area contributed by atoms with Gasteiger partial charge in [0.2, 0.25) is 0 Å². The maximum absolute atomic E-state index is 10.1. The molecule has 16 heavy (non-hydrogen) atoms. The maximum atomic E-state index is 10.1. The molecule has 2 atom stereocenters. The minimum atomic E-state index is -0.166. The smallest absolute Gasteiger partial charge is 0.0613 e. The van der Waals surface area contributed by atoms with Crippen molar-refractivity contribution in [1.82, 2.24) is 0 Å². The molecule has 0 amide bonds. The van der Waals surface area contributed by atoms with Crippen molar-refractivity contribution in [3.63, 3.8) is 0 Å². The zero-order valence-electron chi connectivity index (χ0n) is 10.5. The van der Waals surface area contributed by atoms with Crippen LogP contribution in [-0.4, -0.2) is 11.2 Å². The summed E-state index contributed by atoms with van der Waals surface area (Å²) in [5, 5.41) is 12.1. The summed E-state index contributed by atoms with van der Waals surface area (Å²) in [5.41, 5.74) is 0. The van der Waals surface area contributed by atoms with Crippen molar-refractivity contribution in [2.75, 3.05) is 0 Å². The topological polar surface area (TPSA) is 20.2 Å². The molecule has 1 aromatic rings. The van der Waals surface area contributed by atoms with Crippen LogP contribution in [0.4, 0.5) is 0 Å². The second-order valence-electron chi connectivity index (χ2n) is 4.57. The van der Waals surface area contributed by atoms with E-state index in [1.807, 2.05) is 0 Å². The molecular weight excluding hydrogens is 216 g/mol. The zero-order chi connectivity index (χ0) is 11.8. The van der Waals surface area contributed by atoms with E-state index in [1.165, 1.54) is 30.6 Å². The molecule has 0 saturated heterocycles. The Morgan fingerprint density at radius 1 is 1.25 bits per heavy atom. The van der Waals surface area contributed by atoms with Gasteiger partial charge in [0.25, 0.3) is 0 Å². The van der Waals surface area contributed by atoms with E-state index < -0.39 is 0 Å². The lowest BCUT2D eigenvalue weighted by molar-refractivity contribution is 0.137. The summed E-state index contributed by atoms with van der Waals surface area (Å²) in [5.74, 6) is 0.297. The summed E-state index contributed by atoms with van der Waals surface area (Å²) < 4.78 is 0. The van der Waals surface area contributed by atoms with Gasteiger partial charge in [-0.2, -0.15) is 0 Å². The van der Waals surface area contributed by atoms with Gasteiger partial charge in [0.15, 0.2) is 0 Å². The Balaban J connectivity index is 2.17. The lowest BCUT2D eigenvalue weighted by atomic mass is 9.97. The van der Waals surface area contributed by atoms with E-state index in [4.69, 9.17) is 0 Å². The van der Waals surface area contributed by atoms with Gasteiger partial charge < -0.3 is 5.11 Å². The monoisotopic (exact) mass is 240 g/mol. The van der Waals surface area contributed by atoms with Gasteiger partial charge >= 0.3 is 0 Å². The summed E-state index contributed by atoms with van der Waals surface area (Å²) >= 11 is 1.75. The van der Waals surface area contributed by atoms with Crippen molar-refractivity contribution in [2.45, 2.75) is 64.4 Å². The maximum Gasteiger partial charge on any atom is 0.0613 e. The fourth-order valence-corrected chi connectivity index (χ4v) is 2.79. The number of hydrogen-bond acceptors (Lipinski definition) is 2. The zero-order valence-corrected chi connectivity index (χ0v) is 11.3. The average Bonchev–Trinajstić information content (AvgIpc) is 2.81. The Kier molecular flexibility index (Phi) is 6.74. The van der Waals surface area contributed by atoms with Crippen molar-refractivity contribution < 1.29 is 5.11 Å². The highest BCUT2D eigenvalue weighted by Crippen LogP contribution is 2.26. The lowest BCUT2D eigenvalue weighted by Crippen LogP contribution is -2.14. The molecule has 0 fully saturated rings. The highest BCUT2D eigenvalue weighted by molar-refractivity contribution is 7.10. The molecule has 0 radical (unpaired) electrons. The lowest BCUT2D eigenvalue weighted by Gasteiger charge is -2.17. The molecule has 0 aliphatic rings. The molecule has 1 aromatic heterocycles. The summed E-state index contributed by atoms with van der Waals surface area (Å²) in [6.07, 6.45) is 7.14. The molecule has 1 nitrogen and oxygen atoms in total. The first-order chi connectivity index (χ1) is 7.75. The van der Waals surface area contributed by atoms with Crippen LogP contribution in [0, 0.1) is 0 Å². The van der Waals surface area contributed by atoms with Gasteiger partial charge in [0.1, 0.15) is 0 Å². The molecule has 0 bridgehead atoms. The molecule has 0 aromatic carbocycles. The largest absolute Gasteiger partial charge is 0.392 e. The van der Waals surface area contributed by atoms with Crippen molar-refractivity contribution in [3.8, 4) is 0 Å².